The van der Waals surface area contributed by atoms with Crippen LogP contribution in [0.4, 0.5) is 0 Å². The summed E-state index contributed by atoms with van der Waals surface area (Å²) in [6.45, 7) is 7.53. The van der Waals surface area contributed by atoms with Crippen molar-refractivity contribution in [2.45, 2.75) is 265 Å². The molecule has 5 amide bonds. The van der Waals surface area contributed by atoms with Gasteiger partial charge >= 0.3 is 5.97 Å². The highest BCUT2D eigenvalue weighted by Gasteiger charge is 2.39. The molecule has 3 atom stereocenters. The fourth-order valence-electron chi connectivity index (χ4n) is 10.1. The molecule has 0 bridgehead atoms. The number of carbonyl (C=O) groups excluding carboxylic acids is 5. The van der Waals surface area contributed by atoms with Crippen molar-refractivity contribution in [1.82, 2.24) is 14.7 Å². The van der Waals surface area contributed by atoms with E-state index in [0.29, 0.717) is 32.1 Å². The van der Waals surface area contributed by atoms with E-state index in [4.69, 9.17) is 0 Å². The van der Waals surface area contributed by atoms with Crippen molar-refractivity contribution in [2.75, 3.05) is 26.2 Å². The monoisotopic (exact) mass is 978 g/mol. The first-order valence-electron chi connectivity index (χ1n) is 29.3. The molecule has 0 aromatic carbocycles. The maximum atomic E-state index is 14.2. The number of amides is 5. The molecule has 2 heterocycles. The zero-order chi connectivity index (χ0) is 50.9. The predicted octanol–water partition coefficient (Wildman–Crippen LogP) is 15.0. The Balaban J connectivity index is 1.95. The summed E-state index contributed by atoms with van der Waals surface area (Å²) in [5, 5.41) is 9.89. The van der Waals surface area contributed by atoms with Crippen molar-refractivity contribution in [1.29, 1.82) is 0 Å². The molecular formula is C60H103N3O7. The fraction of sp³-hybridized carbons (Fsp3) is 0.800. The van der Waals surface area contributed by atoms with Gasteiger partial charge in [0.2, 0.25) is 29.5 Å². The smallest absolute Gasteiger partial charge is 0.304 e. The van der Waals surface area contributed by atoms with Crippen molar-refractivity contribution < 1.29 is 33.9 Å². The second-order valence-corrected chi connectivity index (χ2v) is 20.9. The number of rotatable bonds is 47. The van der Waals surface area contributed by atoms with Crippen molar-refractivity contribution >= 4 is 35.5 Å². The van der Waals surface area contributed by atoms with Gasteiger partial charge in [-0.3, -0.25) is 38.6 Å². The Kier molecular flexibility index (Phi) is 37.5. The Bertz CT molecular complexity index is 1450. The third kappa shape index (κ3) is 29.1. The van der Waals surface area contributed by atoms with E-state index in [-0.39, 0.29) is 86.8 Å². The van der Waals surface area contributed by atoms with Crippen LogP contribution < -0.4 is 0 Å². The number of hydrogen-bond acceptors (Lipinski definition) is 6. The molecular weight excluding hydrogens is 875 g/mol. The number of carboxylic acids is 1. The SMILES string of the molecule is CCCCCCCCC/C=C/CC1CC(=O)N(CCCN(CCCN2C(=O)CC(C/C=C/CCCCCCCCC)C2=O)C(=O)C(C/C=C/CCCCCCCCCCCCCCC)CC(=O)O)C1=O. The summed E-state index contributed by atoms with van der Waals surface area (Å²) in [7, 11) is 0. The molecule has 0 spiro atoms. The van der Waals surface area contributed by atoms with E-state index in [1.54, 1.807) is 4.90 Å². The van der Waals surface area contributed by atoms with Crippen LogP contribution in [0.5, 0.6) is 0 Å². The molecule has 400 valence electrons. The molecule has 0 saturated carbocycles. The summed E-state index contributed by atoms with van der Waals surface area (Å²) < 4.78 is 0. The van der Waals surface area contributed by atoms with Crippen LogP contribution in [0.3, 0.4) is 0 Å². The van der Waals surface area contributed by atoms with E-state index < -0.39 is 11.9 Å². The number of imide groups is 2. The Morgan fingerprint density at radius 1 is 0.486 bits per heavy atom. The summed E-state index contributed by atoms with van der Waals surface area (Å²) in [6, 6.07) is 0. The molecule has 2 aliphatic heterocycles. The van der Waals surface area contributed by atoms with Gasteiger partial charge in [-0.15, -0.1) is 0 Å². The van der Waals surface area contributed by atoms with E-state index in [1.807, 2.05) is 18.2 Å². The van der Waals surface area contributed by atoms with Gasteiger partial charge in [0.15, 0.2) is 0 Å². The Hall–Kier alpha value is -3.56. The van der Waals surface area contributed by atoms with Crippen LogP contribution in [0.2, 0.25) is 0 Å². The normalized spacial score (nSPS) is 17.0. The summed E-state index contributed by atoms with van der Waals surface area (Å²) in [5.74, 6) is -3.60. The lowest BCUT2D eigenvalue weighted by Gasteiger charge is -2.28. The lowest BCUT2D eigenvalue weighted by molar-refractivity contribution is -0.145. The summed E-state index contributed by atoms with van der Waals surface area (Å²) in [6.07, 6.45) is 51.6. The van der Waals surface area contributed by atoms with Gasteiger partial charge < -0.3 is 10.0 Å². The van der Waals surface area contributed by atoms with E-state index in [0.717, 1.165) is 44.9 Å². The van der Waals surface area contributed by atoms with E-state index in [1.165, 1.54) is 157 Å². The second kappa shape index (κ2) is 42.0. The highest BCUT2D eigenvalue weighted by molar-refractivity contribution is 6.04. The fourth-order valence-corrected chi connectivity index (χ4v) is 10.1. The Morgan fingerprint density at radius 3 is 1.16 bits per heavy atom. The van der Waals surface area contributed by atoms with Gasteiger partial charge in [-0.2, -0.15) is 0 Å². The van der Waals surface area contributed by atoms with Gasteiger partial charge in [-0.05, 0) is 70.6 Å². The molecule has 2 saturated heterocycles. The van der Waals surface area contributed by atoms with Crippen LogP contribution >= 0.6 is 0 Å². The van der Waals surface area contributed by atoms with Crippen LogP contribution in [0.25, 0.3) is 0 Å². The maximum Gasteiger partial charge on any atom is 0.304 e. The third-order valence-corrected chi connectivity index (χ3v) is 14.6. The minimum atomic E-state index is -1.05. The van der Waals surface area contributed by atoms with Gasteiger partial charge in [0, 0.05) is 39.0 Å². The van der Waals surface area contributed by atoms with E-state index in [2.05, 4.69) is 39.0 Å². The lowest BCUT2D eigenvalue weighted by atomic mass is 9.98. The number of carbonyl (C=O) groups is 6. The topological polar surface area (TPSA) is 132 Å². The minimum Gasteiger partial charge on any atom is -0.481 e. The first-order valence-corrected chi connectivity index (χ1v) is 29.3. The summed E-state index contributed by atoms with van der Waals surface area (Å²) >= 11 is 0. The Labute approximate surface area is 427 Å². The van der Waals surface area contributed by atoms with Gasteiger partial charge in [0.05, 0.1) is 24.2 Å². The van der Waals surface area contributed by atoms with Crippen LogP contribution in [0.1, 0.15) is 265 Å². The average Bonchev–Trinajstić information content (AvgIpc) is 3.77. The molecule has 10 heteroatoms. The van der Waals surface area contributed by atoms with E-state index >= 15 is 0 Å². The standard InChI is InChI=1S/C60H103N3O7/c1-4-7-10-13-16-19-22-23-24-25-26-27-30-33-36-39-44-54(51-57(66)67)58(68)61(45-40-47-62-55(64)49-52(59(62)69)42-37-34-31-28-20-17-14-11-8-5-2)46-41-48-63-56(65)50-53(60(63)70)43-38-35-32-29-21-18-15-12-9-6-3/h34-39,52-54H,4-33,40-51H2,1-3H3,(H,66,67)/b37-34+,38-35+,39-36+. The second-order valence-electron chi connectivity index (χ2n) is 20.9. The largest absolute Gasteiger partial charge is 0.481 e. The molecule has 2 fully saturated rings. The summed E-state index contributed by atoms with van der Waals surface area (Å²) in [4.78, 5) is 83.6. The van der Waals surface area contributed by atoms with E-state index in [9.17, 15) is 33.9 Å². The molecule has 2 rings (SSSR count). The van der Waals surface area contributed by atoms with Crippen molar-refractivity contribution in [3.63, 3.8) is 0 Å². The van der Waals surface area contributed by atoms with Gasteiger partial charge in [-0.1, -0.05) is 211 Å². The average molecular weight is 978 g/mol. The van der Waals surface area contributed by atoms with Crippen molar-refractivity contribution in [2.24, 2.45) is 17.8 Å². The van der Waals surface area contributed by atoms with Gasteiger partial charge in [-0.25, -0.2) is 0 Å². The van der Waals surface area contributed by atoms with Gasteiger partial charge in [0.1, 0.15) is 0 Å². The number of likely N-dealkylation sites (tertiary alicyclic amines) is 2. The minimum absolute atomic E-state index is 0.172. The quantitative estimate of drug-likeness (QED) is 0.0365. The molecule has 3 unspecified atom stereocenters. The third-order valence-electron chi connectivity index (χ3n) is 14.6. The molecule has 0 aromatic rings. The first kappa shape index (κ1) is 62.6. The number of allylic oxidation sites excluding steroid dienone is 6. The molecule has 2 aliphatic rings. The zero-order valence-corrected chi connectivity index (χ0v) is 45.1. The Morgan fingerprint density at radius 2 is 0.814 bits per heavy atom. The number of aliphatic carboxylic acids is 1. The highest BCUT2D eigenvalue weighted by atomic mass is 16.4. The van der Waals surface area contributed by atoms with Crippen LogP contribution in [0.15, 0.2) is 36.5 Å². The number of nitrogens with zero attached hydrogens (tertiary/aromatic N) is 3. The zero-order valence-electron chi connectivity index (χ0n) is 45.1. The van der Waals surface area contributed by atoms with Crippen molar-refractivity contribution in [3.8, 4) is 0 Å². The predicted molar refractivity (Wildman–Crippen MR) is 288 cm³/mol. The maximum absolute atomic E-state index is 14.2. The number of unbranched alkanes of at least 4 members (excludes halogenated alkanes) is 27. The highest BCUT2D eigenvalue weighted by Crippen LogP contribution is 2.26. The number of carboxylic acid groups (broad SMARTS) is 1. The molecule has 0 aliphatic carbocycles. The first-order chi connectivity index (χ1) is 34.1. The summed E-state index contributed by atoms with van der Waals surface area (Å²) in [5.41, 5.74) is 0. The molecule has 10 nitrogen and oxygen atoms in total. The van der Waals surface area contributed by atoms with Crippen LogP contribution in [-0.4, -0.2) is 81.5 Å². The van der Waals surface area contributed by atoms with Crippen LogP contribution in [-0.2, 0) is 28.8 Å². The van der Waals surface area contributed by atoms with Crippen LogP contribution in [0, 0.1) is 17.8 Å². The van der Waals surface area contributed by atoms with Crippen molar-refractivity contribution in [3.05, 3.63) is 36.5 Å². The molecule has 0 radical (unpaired) electrons. The number of hydrogen-bond donors (Lipinski definition) is 1. The lowest BCUT2D eigenvalue weighted by Crippen LogP contribution is -2.41. The van der Waals surface area contributed by atoms with Gasteiger partial charge in [0.25, 0.3) is 0 Å². The molecule has 70 heavy (non-hydrogen) atoms. The molecule has 0 aromatic heterocycles. The molecule has 1 N–H and O–H groups in total.